The topological polar surface area (TPSA) is 30.2 Å². The van der Waals surface area contributed by atoms with Gasteiger partial charge in [0.05, 0.1) is 5.69 Å². The van der Waals surface area contributed by atoms with Crippen LogP contribution in [0.15, 0.2) is 18.6 Å². The average molecular weight is 175 g/mol. The molecule has 0 saturated heterocycles. The Bertz CT molecular complexity index is 429. The third-order valence-corrected chi connectivity index (χ3v) is 2.20. The van der Waals surface area contributed by atoms with Gasteiger partial charge in [-0.25, -0.2) is 9.97 Å². The van der Waals surface area contributed by atoms with Crippen LogP contribution in [0.3, 0.4) is 0 Å². The molecule has 0 amide bonds. The van der Waals surface area contributed by atoms with E-state index in [2.05, 4.69) is 28.2 Å². The minimum absolute atomic E-state index is 0.485. The van der Waals surface area contributed by atoms with E-state index in [1.807, 2.05) is 19.3 Å². The van der Waals surface area contributed by atoms with E-state index in [0.717, 1.165) is 11.3 Å². The monoisotopic (exact) mass is 175 g/mol. The van der Waals surface area contributed by atoms with Crippen molar-refractivity contribution in [3.8, 4) is 0 Å². The molecule has 3 nitrogen and oxygen atoms in total. The first kappa shape index (κ1) is 8.23. The molecule has 0 atom stereocenters. The molecule has 13 heavy (non-hydrogen) atoms. The van der Waals surface area contributed by atoms with Gasteiger partial charge in [-0.3, -0.25) is 4.40 Å². The highest BCUT2D eigenvalue weighted by Gasteiger charge is 2.10. The zero-order valence-corrected chi connectivity index (χ0v) is 8.15. The zero-order chi connectivity index (χ0) is 9.42. The number of imidazole rings is 1. The van der Waals surface area contributed by atoms with Gasteiger partial charge in [0, 0.05) is 11.9 Å². The quantitative estimate of drug-likeness (QED) is 0.664. The minimum atomic E-state index is 0.485. The first-order chi connectivity index (χ1) is 6.20. The average Bonchev–Trinajstić information content (AvgIpc) is 2.39. The standard InChI is InChI=1S/C10H13N3/c1-7(2)10-8(3)12-9-4-5-11-6-13(9)10/h4-7H,1-3H3. The van der Waals surface area contributed by atoms with Gasteiger partial charge in [-0.1, -0.05) is 13.8 Å². The van der Waals surface area contributed by atoms with Gasteiger partial charge in [0.2, 0.25) is 0 Å². The Balaban J connectivity index is 2.78. The summed E-state index contributed by atoms with van der Waals surface area (Å²) in [5.41, 5.74) is 3.34. The maximum atomic E-state index is 4.46. The van der Waals surface area contributed by atoms with E-state index in [9.17, 15) is 0 Å². The minimum Gasteiger partial charge on any atom is -0.287 e. The first-order valence-corrected chi connectivity index (χ1v) is 4.48. The van der Waals surface area contributed by atoms with E-state index >= 15 is 0 Å². The third kappa shape index (κ3) is 1.20. The van der Waals surface area contributed by atoms with Gasteiger partial charge in [0.1, 0.15) is 12.0 Å². The molecule has 0 unspecified atom stereocenters. The van der Waals surface area contributed by atoms with Crippen molar-refractivity contribution in [2.75, 3.05) is 0 Å². The highest BCUT2D eigenvalue weighted by molar-refractivity contribution is 5.42. The SMILES string of the molecule is Cc1nc2ccncn2c1C(C)C. The number of hydrogen-bond donors (Lipinski definition) is 0. The summed E-state index contributed by atoms with van der Waals surface area (Å²) in [6.07, 6.45) is 3.59. The summed E-state index contributed by atoms with van der Waals surface area (Å²) in [6.45, 7) is 6.38. The summed E-state index contributed by atoms with van der Waals surface area (Å²) in [5.74, 6) is 0.485. The smallest absolute Gasteiger partial charge is 0.139 e. The molecule has 0 spiro atoms. The molecule has 3 heteroatoms. The Labute approximate surface area is 77.4 Å². The van der Waals surface area contributed by atoms with E-state index in [1.165, 1.54) is 5.69 Å². The van der Waals surface area contributed by atoms with Crippen molar-refractivity contribution in [1.29, 1.82) is 0 Å². The second kappa shape index (κ2) is 2.83. The van der Waals surface area contributed by atoms with Crippen LogP contribution in [0.25, 0.3) is 5.65 Å². The van der Waals surface area contributed by atoms with Crippen molar-refractivity contribution in [3.05, 3.63) is 30.0 Å². The van der Waals surface area contributed by atoms with Crippen LogP contribution in [0.5, 0.6) is 0 Å². The lowest BCUT2D eigenvalue weighted by Crippen LogP contribution is -1.96. The summed E-state index contributed by atoms with van der Waals surface area (Å²) in [4.78, 5) is 8.55. The summed E-state index contributed by atoms with van der Waals surface area (Å²) >= 11 is 0. The van der Waals surface area contributed by atoms with Crippen LogP contribution in [0.4, 0.5) is 0 Å². The number of rotatable bonds is 1. The van der Waals surface area contributed by atoms with Crippen molar-refractivity contribution in [2.45, 2.75) is 26.7 Å². The van der Waals surface area contributed by atoms with E-state index in [-0.39, 0.29) is 0 Å². The first-order valence-electron chi connectivity index (χ1n) is 4.48. The van der Waals surface area contributed by atoms with Crippen molar-refractivity contribution < 1.29 is 0 Å². The lowest BCUT2D eigenvalue weighted by molar-refractivity contribution is 0.792. The van der Waals surface area contributed by atoms with E-state index < -0.39 is 0 Å². The molecule has 0 fully saturated rings. The Hall–Kier alpha value is -1.38. The maximum absolute atomic E-state index is 4.46. The second-order valence-corrected chi connectivity index (χ2v) is 3.55. The predicted molar refractivity (Wildman–Crippen MR) is 51.8 cm³/mol. The van der Waals surface area contributed by atoms with Crippen LogP contribution >= 0.6 is 0 Å². The van der Waals surface area contributed by atoms with Gasteiger partial charge in [-0.05, 0) is 18.9 Å². The van der Waals surface area contributed by atoms with Crippen LogP contribution in [-0.4, -0.2) is 14.4 Å². The number of aromatic nitrogens is 3. The summed E-state index contributed by atoms with van der Waals surface area (Å²) < 4.78 is 2.06. The molecule has 0 aliphatic carbocycles. The fourth-order valence-corrected chi connectivity index (χ4v) is 1.73. The molecule has 0 radical (unpaired) electrons. The molecule has 0 N–H and O–H groups in total. The Kier molecular flexibility index (Phi) is 1.79. The molecule has 68 valence electrons. The Morgan fingerprint density at radius 1 is 1.38 bits per heavy atom. The number of fused-ring (bicyclic) bond motifs is 1. The highest BCUT2D eigenvalue weighted by atomic mass is 15.1. The molecule has 0 bridgehead atoms. The van der Waals surface area contributed by atoms with Crippen LogP contribution in [0, 0.1) is 6.92 Å². The molecule has 0 aliphatic heterocycles. The fraction of sp³-hybridized carbons (Fsp3) is 0.400. The van der Waals surface area contributed by atoms with Crippen molar-refractivity contribution in [3.63, 3.8) is 0 Å². The third-order valence-electron chi connectivity index (χ3n) is 2.20. The lowest BCUT2D eigenvalue weighted by Gasteiger charge is -2.04. The number of aryl methyl sites for hydroxylation is 1. The molecular formula is C10H13N3. The van der Waals surface area contributed by atoms with Gasteiger partial charge in [0.25, 0.3) is 0 Å². The molecular weight excluding hydrogens is 162 g/mol. The summed E-state index contributed by atoms with van der Waals surface area (Å²) in [7, 11) is 0. The normalized spacial score (nSPS) is 11.4. The van der Waals surface area contributed by atoms with Gasteiger partial charge >= 0.3 is 0 Å². The summed E-state index contributed by atoms with van der Waals surface area (Å²) in [6, 6.07) is 1.93. The van der Waals surface area contributed by atoms with Crippen LogP contribution in [0.2, 0.25) is 0 Å². The summed E-state index contributed by atoms with van der Waals surface area (Å²) in [5, 5.41) is 0. The van der Waals surface area contributed by atoms with Gasteiger partial charge in [0.15, 0.2) is 0 Å². The van der Waals surface area contributed by atoms with Crippen LogP contribution in [-0.2, 0) is 0 Å². The zero-order valence-electron chi connectivity index (χ0n) is 8.15. The van der Waals surface area contributed by atoms with E-state index in [4.69, 9.17) is 0 Å². The largest absolute Gasteiger partial charge is 0.287 e. The van der Waals surface area contributed by atoms with E-state index in [1.54, 1.807) is 6.20 Å². The van der Waals surface area contributed by atoms with Gasteiger partial charge in [-0.2, -0.15) is 0 Å². The molecule has 2 rings (SSSR count). The van der Waals surface area contributed by atoms with Crippen LogP contribution in [0.1, 0.15) is 31.2 Å². The molecule has 0 aliphatic rings. The molecule has 2 aromatic heterocycles. The van der Waals surface area contributed by atoms with E-state index in [0.29, 0.717) is 5.92 Å². The molecule has 2 heterocycles. The number of hydrogen-bond acceptors (Lipinski definition) is 2. The Morgan fingerprint density at radius 2 is 2.15 bits per heavy atom. The predicted octanol–water partition coefficient (Wildman–Crippen LogP) is 2.16. The molecule has 0 aromatic carbocycles. The Morgan fingerprint density at radius 3 is 2.85 bits per heavy atom. The molecule has 2 aromatic rings. The van der Waals surface area contributed by atoms with Crippen LogP contribution < -0.4 is 0 Å². The van der Waals surface area contributed by atoms with Gasteiger partial charge in [-0.15, -0.1) is 0 Å². The number of nitrogens with zero attached hydrogens (tertiary/aromatic N) is 3. The highest BCUT2D eigenvalue weighted by Crippen LogP contribution is 2.19. The lowest BCUT2D eigenvalue weighted by atomic mass is 10.1. The van der Waals surface area contributed by atoms with Gasteiger partial charge < -0.3 is 0 Å². The maximum Gasteiger partial charge on any atom is 0.139 e. The second-order valence-electron chi connectivity index (χ2n) is 3.55. The molecule has 0 saturated carbocycles. The van der Waals surface area contributed by atoms with Crippen molar-refractivity contribution >= 4 is 5.65 Å². The fourth-order valence-electron chi connectivity index (χ4n) is 1.73. The van der Waals surface area contributed by atoms with Crippen molar-refractivity contribution in [2.24, 2.45) is 0 Å². The van der Waals surface area contributed by atoms with Crippen molar-refractivity contribution in [1.82, 2.24) is 14.4 Å².